The molecule has 1 atom stereocenters. The predicted octanol–water partition coefficient (Wildman–Crippen LogP) is 7.49. The second kappa shape index (κ2) is 13.6. The number of rotatable bonds is 15. The summed E-state index contributed by atoms with van der Waals surface area (Å²) in [6.07, 6.45) is 6.77. The maximum absolute atomic E-state index is 12.9. The standard InChI is InChI=1S/C26H54O4Si2/c1-22(17-18-27)21-24(28)23(16-14-20-30-32(10,11)26(5,6)7)15-12-13-19-29-31(8,9)25(2,3)4/h15,22,27H,12-14,16-21H2,1-11H3/b23-15+/t22-/m0/s1. The quantitative estimate of drug-likeness (QED) is 0.148. The van der Waals surface area contributed by atoms with Crippen LogP contribution in [0.15, 0.2) is 11.6 Å². The van der Waals surface area contributed by atoms with Gasteiger partial charge in [0.05, 0.1) is 0 Å². The molecule has 190 valence electrons. The van der Waals surface area contributed by atoms with Gasteiger partial charge >= 0.3 is 0 Å². The van der Waals surface area contributed by atoms with Crippen molar-refractivity contribution in [3.63, 3.8) is 0 Å². The third-order valence-electron chi connectivity index (χ3n) is 7.38. The lowest BCUT2D eigenvalue weighted by Gasteiger charge is -2.36. The Morgan fingerprint density at radius 1 is 0.906 bits per heavy atom. The van der Waals surface area contributed by atoms with Crippen molar-refractivity contribution in [3.05, 3.63) is 11.6 Å². The predicted molar refractivity (Wildman–Crippen MR) is 143 cm³/mol. The van der Waals surface area contributed by atoms with Crippen LogP contribution in [0.5, 0.6) is 0 Å². The summed E-state index contributed by atoms with van der Waals surface area (Å²) in [5.41, 5.74) is 0.931. The molecule has 6 heteroatoms. The molecular formula is C26H54O4Si2. The van der Waals surface area contributed by atoms with Gasteiger partial charge in [-0.2, -0.15) is 0 Å². The Bertz CT molecular complexity index is 584. The number of aliphatic hydroxyl groups is 1. The first-order valence-corrected chi connectivity index (χ1v) is 18.4. The van der Waals surface area contributed by atoms with Crippen molar-refractivity contribution in [1.82, 2.24) is 0 Å². The number of carbonyl (C=O) groups excluding carboxylic acids is 1. The molecular weight excluding hydrogens is 432 g/mol. The van der Waals surface area contributed by atoms with Crippen LogP contribution in [0.2, 0.25) is 36.3 Å². The lowest BCUT2D eigenvalue weighted by atomic mass is 9.94. The first kappa shape index (κ1) is 31.7. The number of carbonyl (C=O) groups is 1. The van der Waals surface area contributed by atoms with Crippen molar-refractivity contribution in [1.29, 1.82) is 0 Å². The summed E-state index contributed by atoms with van der Waals surface area (Å²) in [7, 11) is -3.47. The highest BCUT2D eigenvalue weighted by molar-refractivity contribution is 6.74. The van der Waals surface area contributed by atoms with Crippen LogP contribution in [0.4, 0.5) is 0 Å². The highest BCUT2D eigenvalue weighted by atomic mass is 28.4. The van der Waals surface area contributed by atoms with Gasteiger partial charge in [0.25, 0.3) is 0 Å². The van der Waals surface area contributed by atoms with E-state index < -0.39 is 16.6 Å². The van der Waals surface area contributed by atoms with E-state index >= 15 is 0 Å². The van der Waals surface area contributed by atoms with E-state index in [2.05, 4.69) is 73.8 Å². The topological polar surface area (TPSA) is 55.8 Å². The highest BCUT2D eigenvalue weighted by Gasteiger charge is 2.37. The number of aliphatic hydroxyl groups excluding tert-OH is 1. The van der Waals surface area contributed by atoms with Crippen LogP contribution in [0.3, 0.4) is 0 Å². The van der Waals surface area contributed by atoms with Crippen molar-refractivity contribution in [2.24, 2.45) is 5.92 Å². The normalized spacial score (nSPS) is 15.2. The summed E-state index contributed by atoms with van der Waals surface area (Å²) in [6.45, 7) is 26.3. The van der Waals surface area contributed by atoms with E-state index in [9.17, 15) is 9.90 Å². The minimum atomic E-state index is -1.76. The molecule has 0 fully saturated rings. The van der Waals surface area contributed by atoms with Gasteiger partial charge in [-0.05, 0) is 79.9 Å². The summed E-state index contributed by atoms with van der Waals surface area (Å²) < 4.78 is 12.6. The lowest BCUT2D eigenvalue weighted by Crippen LogP contribution is -2.41. The lowest BCUT2D eigenvalue weighted by molar-refractivity contribution is -0.116. The fraction of sp³-hybridized carbons (Fsp3) is 0.885. The molecule has 0 unspecified atom stereocenters. The zero-order valence-corrected chi connectivity index (χ0v) is 25.2. The van der Waals surface area contributed by atoms with E-state index in [1.165, 1.54) is 0 Å². The molecule has 0 saturated carbocycles. The molecule has 0 aliphatic heterocycles. The Morgan fingerprint density at radius 2 is 1.38 bits per heavy atom. The average Bonchev–Trinajstić information content (AvgIpc) is 2.61. The largest absolute Gasteiger partial charge is 0.417 e. The van der Waals surface area contributed by atoms with Crippen molar-refractivity contribution in [2.75, 3.05) is 19.8 Å². The zero-order valence-electron chi connectivity index (χ0n) is 23.2. The monoisotopic (exact) mass is 486 g/mol. The number of unbranched alkanes of at least 4 members (excludes halogenated alkanes) is 1. The molecule has 0 aliphatic rings. The number of ketones is 1. The van der Waals surface area contributed by atoms with Crippen molar-refractivity contribution >= 4 is 22.4 Å². The summed E-state index contributed by atoms with van der Waals surface area (Å²) in [4.78, 5) is 12.9. The van der Waals surface area contributed by atoms with Crippen LogP contribution >= 0.6 is 0 Å². The number of Topliss-reactive ketones (excluding diaryl/α,β-unsaturated/α-hetero) is 1. The number of hydrogen-bond donors (Lipinski definition) is 1. The Kier molecular flexibility index (Phi) is 13.5. The first-order valence-electron chi connectivity index (χ1n) is 12.6. The van der Waals surface area contributed by atoms with Crippen LogP contribution in [-0.4, -0.2) is 47.3 Å². The van der Waals surface area contributed by atoms with Crippen molar-refractivity contribution < 1.29 is 18.8 Å². The van der Waals surface area contributed by atoms with Gasteiger partial charge in [0.15, 0.2) is 22.4 Å². The molecule has 4 nitrogen and oxygen atoms in total. The summed E-state index contributed by atoms with van der Waals surface area (Å²) in [5.74, 6) is 0.435. The summed E-state index contributed by atoms with van der Waals surface area (Å²) in [6, 6.07) is 0. The van der Waals surface area contributed by atoms with Crippen LogP contribution in [0, 0.1) is 5.92 Å². The smallest absolute Gasteiger partial charge is 0.191 e. The van der Waals surface area contributed by atoms with Crippen LogP contribution in [0.25, 0.3) is 0 Å². The summed E-state index contributed by atoms with van der Waals surface area (Å²) >= 11 is 0. The molecule has 0 bridgehead atoms. The Balaban J connectivity index is 4.88. The van der Waals surface area contributed by atoms with Crippen LogP contribution in [0.1, 0.15) is 87.0 Å². The average molecular weight is 487 g/mol. The van der Waals surface area contributed by atoms with E-state index in [4.69, 9.17) is 8.85 Å². The van der Waals surface area contributed by atoms with Crippen LogP contribution < -0.4 is 0 Å². The second-order valence-corrected chi connectivity index (χ2v) is 22.1. The Morgan fingerprint density at radius 3 is 1.81 bits per heavy atom. The fourth-order valence-corrected chi connectivity index (χ4v) is 5.01. The van der Waals surface area contributed by atoms with Gasteiger partial charge in [-0.25, -0.2) is 0 Å². The van der Waals surface area contributed by atoms with E-state index in [-0.39, 0.29) is 28.4 Å². The Hall–Kier alpha value is -0.276. The van der Waals surface area contributed by atoms with Gasteiger partial charge in [0.1, 0.15) is 0 Å². The zero-order chi connectivity index (χ0) is 25.2. The van der Waals surface area contributed by atoms with Gasteiger partial charge in [0, 0.05) is 26.2 Å². The van der Waals surface area contributed by atoms with E-state index in [1.807, 2.05) is 6.92 Å². The maximum atomic E-state index is 12.9. The fourth-order valence-electron chi connectivity index (χ4n) is 2.84. The van der Waals surface area contributed by atoms with Gasteiger partial charge in [-0.15, -0.1) is 0 Å². The molecule has 0 amide bonds. The van der Waals surface area contributed by atoms with Crippen molar-refractivity contribution in [2.45, 2.75) is 123 Å². The molecule has 1 N–H and O–H groups in total. The maximum Gasteiger partial charge on any atom is 0.191 e. The van der Waals surface area contributed by atoms with Crippen LogP contribution in [-0.2, 0) is 13.6 Å². The van der Waals surface area contributed by atoms with E-state index in [0.29, 0.717) is 19.4 Å². The summed E-state index contributed by atoms with van der Waals surface area (Å²) in [5, 5.41) is 9.60. The highest BCUT2D eigenvalue weighted by Crippen LogP contribution is 2.37. The van der Waals surface area contributed by atoms with Gasteiger partial charge in [0.2, 0.25) is 0 Å². The minimum Gasteiger partial charge on any atom is -0.417 e. The number of allylic oxidation sites excluding steroid dienone is 2. The van der Waals surface area contributed by atoms with Gasteiger partial charge in [-0.3, -0.25) is 4.79 Å². The third kappa shape index (κ3) is 11.7. The second-order valence-electron chi connectivity index (χ2n) is 12.4. The third-order valence-corrected chi connectivity index (χ3v) is 16.5. The molecule has 0 aliphatic carbocycles. The molecule has 0 heterocycles. The minimum absolute atomic E-state index is 0.138. The molecule has 0 rings (SSSR count). The molecule has 0 aromatic carbocycles. The molecule has 0 radical (unpaired) electrons. The van der Waals surface area contributed by atoms with Crippen molar-refractivity contribution in [3.8, 4) is 0 Å². The van der Waals surface area contributed by atoms with Gasteiger partial charge in [-0.1, -0.05) is 54.5 Å². The molecule has 0 aromatic rings. The molecule has 0 spiro atoms. The first-order chi connectivity index (χ1) is 14.4. The molecule has 0 aromatic heterocycles. The van der Waals surface area contributed by atoms with E-state index in [1.54, 1.807) is 0 Å². The van der Waals surface area contributed by atoms with E-state index in [0.717, 1.165) is 37.9 Å². The molecule has 0 saturated heterocycles. The van der Waals surface area contributed by atoms with Gasteiger partial charge < -0.3 is 14.0 Å². The Labute approximate surface area is 201 Å². The number of hydrogen-bond acceptors (Lipinski definition) is 4. The molecule has 32 heavy (non-hydrogen) atoms. The SMILES string of the molecule is C[C@@H](CCO)CC(=O)/C(=C/CCCO[Si](C)(C)C(C)(C)C)CCCO[Si](C)(C)C(C)(C)C.